The third-order valence-electron chi connectivity index (χ3n) is 2.77. The fourth-order valence-electron chi connectivity index (χ4n) is 1.60. The van der Waals surface area contributed by atoms with Crippen LogP contribution in [0.1, 0.15) is 16.1 Å². The van der Waals surface area contributed by atoms with Gasteiger partial charge < -0.3 is 4.74 Å². The van der Waals surface area contributed by atoms with Gasteiger partial charge in [-0.3, -0.25) is 5.10 Å². The molecule has 1 heterocycles. The number of carbonyl (C=O) groups excluding carboxylic acids is 1. The largest absolute Gasteiger partial charge is 0.456 e. The lowest BCUT2D eigenvalue weighted by Gasteiger charge is -2.12. The van der Waals surface area contributed by atoms with Crippen molar-refractivity contribution in [1.82, 2.24) is 14.5 Å². The van der Waals surface area contributed by atoms with E-state index in [-0.39, 0.29) is 17.2 Å². The lowest BCUT2D eigenvalue weighted by molar-refractivity contribution is 0.0465. The maximum atomic E-state index is 12.0. The van der Waals surface area contributed by atoms with Crippen molar-refractivity contribution in [3.8, 4) is 0 Å². The van der Waals surface area contributed by atoms with Crippen molar-refractivity contribution >= 4 is 16.0 Å². The monoisotopic (exact) mass is 309 g/mol. The predicted octanol–water partition coefficient (Wildman–Crippen LogP) is 1.02. The van der Waals surface area contributed by atoms with Gasteiger partial charge >= 0.3 is 5.97 Å². The number of esters is 1. The summed E-state index contributed by atoms with van der Waals surface area (Å²) in [4.78, 5) is 11.8. The molecule has 0 aliphatic carbocycles. The van der Waals surface area contributed by atoms with Gasteiger partial charge in [-0.25, -0.2) is 17.5 Å². The second-order valence-electron chi connectivity index (χ2n) is 4.48. The average molecular weight is 309 g/mol. The number of nitrogens with zero attached hydrogens (tertiary/aromatic N) is 2. The number of H-pyrrole nitrogens is 1. The molecule has 2 aromatic rings. The minimum absolute atomic E-state index is 0.0192. The molecule has 0 saturated carbocycles. The van der Waals surface area contributed by atoms with E-state index in [4.69, 9.17) is 4.74 Å². The molecule has 0 fully saturated rings. The Bertz CT molecular complexity index is 724. The van der Waals surface area contributed by atoms with Crippen LogP contribution >= 0.6 is 0 Å². The molecular formula is C13H15N3O4S. The van der Waals surface area contributed by atoms with E-state index in [0.717, 1.165) is 4.31 Å². The lowest BCUT2D eigenvalue weighted by atomic mass is 10.2. The van der Waals surface area contributed by atoms with E-state index in [0.29, 0.717) is 5.56 Å². The molecule has 0 radical (unpaired) electrons. The summed E-state index contributed by atoms with van der Waals surface area (Å²) in [6.45, 7) is -0.0192. The van der Waals surface area contributed by atoms with Crippen molar-refractivity contribution in [2.24, 2.45) is 0 Å². The van der Waals surface area contributed by atoms with E-state index >= 15 is 0 Å². The van der Waals surface area contributed by atoms with Gasteiger partial charge in [-0.15, -0.1) is 0 Å². The SMILES string of the molecule is CN(C)S(=O)(=O)c1cccc(COC(=O)c2ccn[nH]2)c1. The van der Waals surface area contributed by atoms with Gasteiger partial charge in [0.1, 0.15) is 12.3 Å². The summed E-state index contributed by atoms with van der Waals surface area (Å²) in [5.41, 5.74) is 0.831. The summed E-state index contributed by atoms with van der Waals surface area (Å²) in [6, 6.07) is 7.77. The fraction of sp³-hybridized carbons (Fsp3) is 0.231. The van der Waals surface area contributed by atoms with Crippen molar-refractivity contribution in [3.63, 3.8) is 0 Å². The quantitative estimate of drug-likeness (QED) is 0.832. The minimum atomic E-state index is -3.50. The van der Waals surface area contributed by atoms with E-state index in [1.54, 1.807) is 12.1 Å². The number of aromatic nitrogens is 2. The van der Waals surface area contributed by atoms with Crippen LogP contribution in [0.5, 0.6) is 0 Å². The number of benzene rings is 1. The minimum Gasteiger partial charge on any atom is -0.456 e. The van der Waals surface area contributed by atoms with E-state index in [2.05, 4.69) is 10.2 Å². The van der Waals surface area contributed by atoms with Crippen molar-refractivity contribution in [2.75, 3.05) is 14.1 Å². The fourth-order valence-corrected chi connectivity index (χ4v) is 2.58. The second kappa shape index (κ2) is 6.06. The third-order valence-corrected chi connectivity index (χ3v) is 4.58. The van der Waals surface area contributed by atoms with Crippen LogP contribution in [0.2, 0.25) is 0 Å². The van der Waals surface area contributed by atoms with Gasteiger partial charge in [0.05, 0.1) is 4.90 Å². The molecule has 0 atom stereocenters. The van der Waals surface area contributed by atoms with E-state index < -0.39 is 16.0 Å². The first-order valence-electron chi connectivity index (χ1n) is 6.09. The average Bonchev–Trinajstić information content (AvgIpc) is 2.99. The van der Waals surface area contributed by atoms with E-state index in [1.165, 1.54) is 38.5 Å². The van der Waals surface area contributed by atoms with E-state index in [9.17, 15) is 13.2 Å². The smallest absolute Gasteiger partial charge is 0.356 e. The highest BCUT2D eigenvalue weighted by Gasteiger charge is 2.17. The first kappa shape index (κ1) is 15.2. The summed E-state index contributed by atoms with van der Waals surface area (Å²) in [7, 11) is -0.587. The van der Waals surface area contributed by atoms with Crippen molar-refractivity contribution in [3.05, 3.63) is 47.8 Å². The summed E-state index contributed by atoms with van der Waals surface area (Å²) in [5, 5.41) is 6.15. The Morgan fingerprint density at radius 2 is 2.10 bits per heavy atom. The summed E-state index contributed by atoms with van der Waals surface area (Å²) >= 11 is 0. The summed E-state index contributed by atoms with van der Waals surface area (Å²) < 4.78 is 30.2. The highest BCUT2D eigenvalue weighted by molar-refractivity contribution is 7.89. The van der Waals surface area contributed by atoms with Crippen LogP contribution in [0, 0.1) is 0 Å². The van der Waals surface area contributed by atoms with Crippen molar-refractivity contribution < 1.29 is 17.9 Å². The normalized spacial score (nSPS) is 11.6. The molecule has 0 amide bonds. The predicted molar refractivity (Wildman–Crippen MR) is 75.0 cm³/mol. The van der Waals surface area contributed by atoms with Gasteiger partial charge in [-0.1, -0.05) is 12.1 Å². The molecule has 0 aliphatic rings. The number of nitrogens with one attached hydrogen (secondary N) is 1. The Morgan fingerprint density at radius 1 is 1.33 bits per heavy atom. The maximum Gasteiger partial charge on any atom is 0.356 e. The lowest BCUT2D eigenvalue weighted by Crippen LogP contribution is -2.22. The van der Waals surface area contributed by atoms with Crippen LogP contribution < -0.4 is 0 Å². The molecule has 0 saturated heterocycles. The molecule has 21 heavy (non-hydrogen) atoms. The standard InChI is InChI=1S/C13H15N3O4S/c1-16(2)21(18,19)11-5-3-4-10(8-11)9-20-13(17)12-6-7-14-15-12/h3-8H,9H2,1-2H3,(H,14,15). The zero-order valence-corrected chi connectivity index (χ0v) is 12.4. The number of hydrogen-bond donors (Lipinski definition) is 1. The Hall–Kier alpha value is -2.19. The summed E-state index contributed by atoms with van der Waals surface area (Å²) in [6.07, 6.45) is 1.45. The van der Waals surface area contributed by atoms with Crippen molar-refractivity contribution in [1.29, 1.82) is 0 Å². The number of hydrogen-bond acceptors (Lipinski definition) is 5. The van der Waals surface area contributed by atoms with Crippen LogP contribution in [-0.4, -0.2) is 43.0 Å². The Balaban J connectivity index is 2.10. The van der Waals surface area contributed by atoms with Crippen LogP contribution in [-0.2, 0) is 21.4 Å². The zero-order chi connectivity index (χ0) is 15.5. The highest BCUT2D eigenvalue weighted by atomic mass is 32.2. The number of carbonyl (C=O) groups is 1. The molecule has 0 bridgehead atoms. The molecule has 0 unspecified atom stereocenters. The van der Waals surface area contributed by atoms with E-state index in [1.807, 2.05) is 0 Å². The molecule has 112 valence electrons. The molecule has 8 heteroatoms. The number of aromatic amines is 1. The number of sulfonamides is 1. The highest BCUT2D eigenvalue weighted by Crippen LogP contribution is 2.15. The molecule has 7 nitrogen and oxygen atoms in total. The van der Waals surface area contributed by atoms with Gasteiger partial charge in [0.2, 0.25) is 10.0 Å². The van der Waals surface area contributed by atoms with Crippen LogP contribution in [0.4, 0.5) is 0 Å². The molecule has 0 spiro atoms. The topological polar surface area (TPSA) is 92.4 Å². The molecule has 1 N–H and O–H groups in total. The molecule has 1 aromatic carbocycles. The van der Waals surface area contributed by atoms with Gasteiger partial charge in [0.15, 0.2) is 0 Å². The van der Waals surface area contributed by atoms with Crippen LogP contribution in [0.15, 0.2) is 41.4 Å². The Kier molecular flexibility index (Phi) is 4.39. The second-order valence-corrected chi connectivity index (χ2v) is 6.63. The van der Waals surface area contributed by atoms with Crippen LogP contribution in [0.25, 0.3) is 0 Å². The number of ether oxygens (including phenoxy) is 1. The van der Waals surface area contributed by atoms with Gasteiger partial charge in [-0.2, -0.15) is 5.10 Å². The summed E-state index contributed by atoms with van der Waals surface area (Å²) in [5.74, 6) is -0.548. The number of rotatable bonds is 5. The molecule has 0 aliphatic heterocycles. The molecule has 1 aromatic heterocycles. The van der Waals surface area contributed by atoms with Crippen LogP contribution in [0.3, 0.4) is 0 Å². The zero-order valence-electron chi connectivity index (χ0n) is 11.6. The van der Waals surface area contributed by atoms with Gasteiger partial charge in [0, 0.05) is 20.3 Å². The molecular weight excluding hydrogens is 294 g/mol. The van der Waals surface area contributed by atoms with Gasteiger partial charge in [-0.05, 0) is 23.8 Å². The first-order valence-corrected chi connectivity index (χ1v) is 7.53. The van der Waals surface area contributed by atoms with Gasteiger partial charge in [0.25, 0.3) is 0 Å². The Labute approximate surface area is 122 Å². The molecule has 2 rings (SSSR count). The Morgan fingerprint density at radius 3 is 2.71 bits per heavy atom. The van der Waals surface area contributed by atoms with Crippen molar-refractivity contribution in [2.45, 2.75) is 11.5 Å². The third kappa shape index (κ3) is 3.47. The maximum absolute atomic E-state index is 12.0. The first-order chi connectivity index (χ1) is 9.91.